The van der Waals surface area contributed by atoms with Crippen LogP contribution >= 0.6 is 0 Å². The van der Waals surface area contributed by atoms with Gasteiger partial charge in [-0.2, -0.15) is 0 Å². The third-order valence-corrected chi connectivity index (χ3v) is 4.49. The summed E-state index contributed by atoms with van der Waals surface area (Å²) < 4.78 is 10.2. The van der Waals surface area contributed by atoms with Crippen molar-refractivity contribution >= 4 is 11.9 Å². The van der Waals surface area contributed by atoms with Crippen molar-refractivity contribution in [2.24, 2.45) is 0 Å². The van der Waals surface area contributed by atoms with Crippen molar-refractivity contribution in [3.63, 3.8) is 0 Å². The number of hydrazine groups is 1. The zero-order chi connectivity index (χ0) is 19.1. The van der Waals surface area contributed by atoms with Crippen molar-refractivity contribution in [3.8, 4) is 0 Å². The molecule has 1 amide bonds. The number of ether oxygens (including phenoxy) is 2. The highest BCUT2D eigenvalue weighted by Gasteiger charge is 2.35. The van der Waals surface area contributed by atoms with Gasteiger partial charge in [0.25, 0.3) is 5.91 Å². The zero-order valence-corrected chi connectivity index (χ0v) is 15.4. The number of carbonyl (C=O) groups excluding carboxylic acids is 2. The largest absolute Gasteiger partial charge is 0.469 e. The first kappa shape index (κ1) is 19.1. The summed E-state index contributed by atoms with van der Waals surface area (Å²) in [5.74, 6) is -0.661. The Labute approximate surface area is 159 Å². The Morgan fingerprint density at radius 1 is 1.07 bits per heavy atom. The van der Waals surface area contributed by atoms with E-state index in [1.165, 1.54) is 7.11 Å². The standard InChI is InChI=1S/C21H24N2O4/c1-26-20(24)14-19-21(25)23(12-13-27-19)22(15-17-8-4-2-5-9-17)16-18-10-6-3-7-11-18/h2-11,19H,12-16H2,1H3/t19-/m0/s1. The lowest BCUT2D eigenvalue weighted by Crippen LogP contribution is -2.55. The van der Waals surface area contributed by atoms with Gasteiger partial charge in [0.15, 0.2) is 0 Å². The number of benzene rings is 2. The number of methoxy groups -OCH3 is 1. The second-order valence-electron chi connectivity index (χ2n) is 6.39. The molecule has 2 aromatic rings. The van der Waals surface area contributed by atoms with Gasteiger partial charge in [0.1, 0.15) is 6.10 Å². The highest BCUT2D eigenvalue weighted by atomic mass is 16.5. The number of amides is 1. The molecule has 0 unspecified atom stereocenters. The Morgan fingerprint density at radius 3 is 2.15 bits per heavy atom. The average molecular weight is 368 g/mol. The lowest BCUT2D eigenvalue weighted by atomic mass is 10.1. The highest BCUT2D eigenvalue weighted by molar-refractivity contribution is 5.86. The second-order valence-corrected chi connectivity index (χ2v) is 6.39. The molecule has 6 nitrogen and oxygen atoms in total. The summed E-state index contributed by atoms with van der Waals surface area (Å²) in [6.07, 6.45) is -0.878. The van der Waals surface area contributed by atoms with Gasteiger partial charge in [-0.1, -0.05) is 60.7 Å². The number of rotatable bonds is 7. The maximum absolute atomic E-state index is 13.0. The van der Waals surface area contributed by atoms with Gasteiger partial charge in [-0.3, -0.25) is 14.6 Å². The summed E-state index contributed by atoms with van der Waals surface area (Å²) in [6, 6.07) is 20.0. The Morgan fingerprint density at radius 2 is 1.63 bits per heavy atom. The van der Waals surface area contributed by atoms with Crippen LogP contribution in [0.1, 0.15) is 17.5 Å². The molecule has 3 rings (SSSR count). The molecule has 1 atom stereocenters. The molecular weight excluding hydrogens is 344 g/mol. The SMILES string of the molecule is COC(=O)C[C@@H]1OCCN(N(Cc2ccccc2)Cc2ccccc2)C1=O. The molecule has 142 valence electrons. The minimum Gasteiger partial charge on any atom is -0.469 e. The normalized spacial score (nSPS) is 17.2. The fraction of sp³-hybridized carbons (Fsp3) is 0.333. The first-order valence-electron chi connectivity index (χ1n) is 9.00. The smallest absolute Gasteiger partial charge is 0.308 e. The number of esters is 1. The summed E-state index contributed by atoms with van der Waals surface area (Å²) in [5.41, 5.74) is 2.22. The molecule has 0 N–H and O–H groups in total. The van der Waals surface area contributed by atoms with Gasteiger partial charge in [-0.05, 0) is 11.1 Å². The molecule has 0 bridgehead atoms. The first-order valence-corrected chi connectivity index (χ1v) is 9.00. The van der Waals surface area contributed by atoms with Crippen molar-refractivity contribution in [1.82, 2.24) is 10.0 Å². The van der Waals surface area contributed by atoms with Crippen molar-refractivity contribution in [3.05, 3.63) is 71.8 Å². The molecule has 1 aliphatic rings. The fourth-order valence-corrected chi connectivity index (χ4v) is 3.11. The maximum Gasteiger partial charge on any atom is 0.308 e. The predicted molar refractivity (Wildman–Crippen MR) is 100 cm³/mol. The summed E-state index contributed by atoms with van der Waals surface area (Å²) in [7, 11) is 1.31. The minimum absolute atomic E-state index is 0.0731. The van der Waals surface area contributed by atoms with Crippen LogP contribution in [0.4, 0.5) is 0 Å². The third-order valence-electron chi connectivity index (χ3n) is 4.49. The van der Waals surface area contributed by atoms with Gasteiger partial charge >= 0.3 is 5.97 Å². The lowest BCUT2D eigenvalue weighted by molar-refractivity contribution is -0.182. The number of hydrogen-bond donors (Lipinski definition) is 0. The number of morpholine rings is 1. The van der Waals surface area contributed by atoms with Crippen LogP contribution in [0.15, 0.2) is 60.7 Å². The van der Waals surface area contributed by atoms with Crippen LogP contribution in [0.3, 0.4) is 0 Å². The average Bonchev–Trinajstić information content (AvgIpc) is 2.70. The van der Waals surface area contributed by atoms with Crippen molar-refractivity contribution < 1.29 is 19.1 Å². The molecule has 1 fully saturated rings. The monoisotopic (exact) mass is 368 g/mol. The van der Waals surface area contributed by atoms with Gasteiger partial charge in [0, 0.05) is 13.1 Å². The fourth-order valence-electron chi connectivity index (χ4n) is 3.11. The van der Waals surface area contributed by atoms with Gasteiger partial charge in [-0.15, -0.1) is 0 Å². The summed E-state index contributed by atoms with van der Waals surface area (Å²) in [5, 5.41) is 3.72. The zero-order valence-electron chi connectivity index (χ0n) is 15.4. The lowest BCUT2D eigenvalue weighted by Gasteiger charge is -2.40. The molecule has 0 saturated carbocycles. The summed E-state index contributed by atoms with van der Waals surface area (Å²) >= 11 is 0. The van der Waals surface area contributed by atoms with Crippen LogP contribution in [-0.2, 0) is 32.2 Å². The number of nitrogens with zero attached hydrogens (tertiary/aromatic N) is 2. The van der Waals surface area contributed by atoms with E-state index in [0.717, 1.165) is 11.1 Å². The molecule has 0 radical (unpaired) electrons. The first-order chi connectivity index (χ1) is 13.2. The third kappa shape index (κ3) is 5.15. The molecule has 2 aromatic carbocycles. The van der Waals surface area contributed by atoms with Crippen molar-refractivity contribution in [2.45, 2.75) is 25.6 Å². The number of carbonyl (C=O) groups is 2. The molecule has 0 aromatic heterocycles. The van der Waals surface area contributed by atoms with Gasteiger partial charge < -0.3 is 9.47 Å². The van der Waals surface area contributed by atoms with Gasteiger partial charge in [0.05, 0.1) is 26.7 Å². The minimum atomic E-state index is -0.805. The molecule has 1 aliphatic heterocycles. The summed E-state index contributed by atoms with van der Waals surface area (Å²) in [4.78, 5) is 24.5. The number of hydrogen-bond acceptors (Lipinski definition) is 5. The van der Waals surface area contributed by atoms with E-state index in [-0.39, 0.29) is 12.3 Å². The molecular formula is C21H24N2O4. The Balaban J connectivity index is 1.80. The van der Waals surface area contributed by atoms with Crippen LogP contribution in [0, 0.1) is 0 Å². The predicted octanol–water partition coefficient (Wildman–Crippen LogP) is 2.39. The molecule has 0 spiro atoms. The van der Waals surface area contributed by atoms with Crippen LogP contribution in [0.2, 0.25) is 0 Å². The molecule has 1 heterocycles. The van der Waals surface area contributed by atoms with E-state index in [0.29, 0.717) is 26.2 Å². The van der Waals surface area contributed by atoms with E-state index in [1.807, 2.05) is 65.7 Å². The Kier molecular flexibility index (Phi) is 6.57. The van der Waals surface area contributed by atoms with E-state index >= 15 is 0 Å². The van der Waals surface area contributed by atoms with Crippen LogP contribution in [0.25, 0.3) is 0 Å². The van der Waals surface area contributed by atoms with E-state index in [1.54, 1.807) is 5.01 Å². The highest BCUT2D eigenvalue weighted by Crippen LogP contribution is 2.19. The van der Waals surface area contributed by atoms with Crippen LogP contribution in [-0.4, -0.2) is 48.3 Å². The maximum atomic E-state index is 13.0. The van der Waals surface area contributed by atoms with Crippen molar-refractivity contribution in [1.29, 1.82) is 0 Å². The topological polar surface area (TPSA) is 59.1 Å². The second kappa shape index (κ2) is 9.30. The molecule has 0 aliphatic carbocycles. The Bertz CT molecular complexity index is 710. The molecule has 6 heteroatoms. The van der Waals surface area contributed by atoms with E-state index in [2.05, 4.69) is 4.74 Å². The van der Waals surface area contributed by atoms with Crippen LogP contribution < -0.4 is 0 Å². The van der Waals surface area contributed by atoms with E-state index < -0.39 is 12.1 Å². The summed E-state index contributed by atoms with van der Waals surface area (Å²) in [6.45, 7) is 2.02. The Hall–Kier alpha value is -2.70. The van der Waals surface area contributed by atoms with Gasteiger partial charge in [-0.25, -0.2) is 5.01 Å². The van der Waals surface area contributed by atoms with Gasteiger partial charge in [0.2, 0.25) is 0 Å². The van der Waals surface area contributed by atoms with Crippen LogP contribution in [0.5, 0.6) is 0 Å². The quantitative estimate of drug-likeness (QED) is 0.703. The van der Waals surface area contributed by atoms with E-state index in [4.69, 9.17) is 4.74 Å². The molecule has 1 saturated heterocycles. The van der Waals surface area contributed by atoms with Crippen molar-refractivity contribution in [2.75, 3.05) is 20.3 Å². The van der Waals surface area contributed by atoms with E-state index in [9.17, 15) is 9.59 Å². The molecule has 27 heavy (non-hydrogen) atoms.